The van der Waals surface area contributed by atoms with Gasteiger partial charge in [-0.1, -0.05) is 37.3 Å². The average Bonchev–Trinajstić information content (AvgIpc) is 3.03. The molecule has 0 aliphatic carbocycles. The molecular formula is C21H24N4O2S. The van der Waals surface area contributed by atoms with Gasteiger partial charge in [0, 0.05) is 12.6 Å². The van der Waals surface area contributed by atoms with Gasteiger partial charge in [0.1, 0.15) is 5.69 Å². The van der Waals surface area contributed by atoms with E-state index in [9.17, 15) is 9.59 Å². The van der Waals surface area contributed by atoms with Crippen molar-refractivity contribution in [3.63, 3.8) is 0 Å². The van der Waals surface area contributed by atoms with Gasteiger partial charge in [-0.25, -0.2) is 9.67 Å². The minimum atomic E-state index is -0.194. The smallest absolute Gasteiger partial charge is 0.266 e. The second kappa shape index (κ2) is 8.93. The second-order valence-corrected chi connectivity index (χ2v) is 7.79. The number of aryl methyl sites for hydroxylation is 2. The second-order valence-electron chi connectivity index (χ2n) is 6.59. The molecule has 3 rings (SSSR count). The summed E-state index contributed by atoms with van der Waals surface area (Å²) < 4.78 is 1.40. The maximum atomic E-state index is 12.6. The number of benzene rings is 1. The standard InChI is InChI=1S/C21H24N4O2S/c1-4-17(16-8-6-5-7-9-16)21(27)22-12-13-25-19(26)11-10-18(24-25)20-14(2)23-15(3)28-20/h5-11,17H,4,12-13H2,1-3H3,(H,22,27). The Morgan fingerprint density at radius 2 is 1.93 bits per heavy atom. The summed E-state index contributed by atoms with van der Waals surface area (Å²) >= 11 is 1.56. The highest BCUT2D eigenvalue weighted by Gasteiger charge is 2.18. The molecule has 0 aliphatic rings. The monoisotopic (exact) mass is 396 g/mol. The van der Waals surface area contributed by atoms with Crippen LogP contribution in [0.3, 0.4) is 0 Å². The van der Waals surface area contributed by atoms with Gasteiger partial charge in [0.05, 0.1) is 28.0 Å². The quantitative estimate of drug-likeness (QED) is 0.665. The lowest BCUT2D eigenvalue weighted by atomic mass is 9.96. The minimum Gasteiger partial charge on any atom is -0.354 e. The number of nitrogens with one attached hydrogen (secondary N) is 1. The van der Waals surface area contributed by atoms with Crippen LogP contribution in [-0.2, 0) is 11.3 Å². The molecule has 1 N–H and O–H groups in total. The molecular weight excluding hydrogens is 372 g/mol. The predicted molar refractivity (Wildman–Crippen MR) is 112 cm³/mol. The van der Waals surface area contributed by atoms with Crippen LogP contribution in [0.1, 0.15) is 35.5 Å². The molecule has 146 valence electrons. The predicted octanol–water partition coefficient (Wildman–Crippen LogP) is 3.29. The third-order valence-electron chi connectivity index (χ3n) is 4.55. The van der Waals surface area contributed by atoms with E-state index in [4.69, 9.17) is 0 Å². The van der Waals surface area contributed by atoms with Gasteiger partial charge in [0.2, 0.25) is 5.91 Å². The topological polar surface area (TPSA) is 76.9 Å². The Kier molecular flexibility index (Phi) is 6.36. The molecule has 0 bridgehead atoms. The Hall–Kier alpha value is -2.80. The number of nitrogens with zero attached hydrogens (tertiary/aromatic N) is 3. The molecule has 0 fully saturated rings. The molecule has 2 aromatic heterocycles. The number of carbonyl (C=O) groups excluding carboxylic acids is 1. The lowest BCUT2D eigenvalue weighted by Gasteiger charge is -2.15. The number of aromatic nitrogens is 3. The van der Waals surface area contributed by atoms with Crippen LogP contribution < -0.4 is 10.9 Å². The van der Waals surface area contributed by atoms with Crippen molar-refractivity contribution in [1.29, 1.82) is 0 Å². The van der Waals surface area contributed by atoms with Crippen molar-refractivity contribution in [3.8, 4) is 10.6 Å². The summed E-state index contributed by atoms with van der Waals surface area (Å²) in [5.41, 5.74) is 2.44. The van der Waals surface area contributed by atoms with Gasteiger partial charge in [-0.15, -0.1) is 11.3 Å². The summed E-state index contributed by atoms with van der Waals surface area (Å²) in [4.78, 5) is 30.1. The molecule has 0 saturated heterocycles. The minimum absolute atomic E-state index is 0.0353. The van der Waals surface area contributed by atoms with Crippen molar-refractivity contribution in [2.75, 3.05) is 6.54 Å². The molecule has 1 unspecified atom stereocenters. The Morgan fingerprint density at radius 3 is 2.57 bits per heavy atom. The summed E-state index contributed by atoms with van der Waals surface area (Å²) in [5, 5.41) is 8.36. The SMILES string of the molecule is CCC(C(=O)NCCn1nc(-c2sc(C)nc2C)ccc1=O)c1ccccc1. The third kappa shape index (κ3) is 4.54. The molecule has 1 aromatic carbocycles. The first-order chi connectivity index (χ1) is 13.5. The third-order valence-corrected chi connectivity index (χ3v) is 5.65. The van der Waals surface area contributed by atoms with Crippen LogP contribution >= 0.6 is 11.3 Å². The molecule has 1 atom stereocenters. The van der Waals surface area contributed by atoms with E-state index < -0.39 is 0 Å². The van der Waals surface area contributed by atoms with Crippen LogP contribution in [0.2, 0.25) is 0 Å². The first-order valence-electron chi connectivity index (χ1n) is 9.34. The highest BCUT2D eigenvalue weighted by molar-refractivity contribution is 7.15. The van der Waals surface area contributed by atoms with Crippen molar-refractivity contribution in [3.05, 3.63) is 69.1 Å². The van der Waals surface area contributed by atoms with Crippen LogP contribution in [0.4, 0.5) is 0 Å². The molecule has 0 spiro atoms. The van der Waals surface area contributed by atoms with E-state index in [2.05, 4.69) is 15.4 Å². The fourth-order valence-electron chi connectivity index (χ4n) is 3.17. The zero-order valence-electron chi connectivity index (χ0n) is 16.3. The summed E-state index contributed by atoms with van der Waals surface area (Å²) in [7, 11) is 0. The molecule has 0 radical (unpaired) electrons. The van der Waals surface area contributed by atoms with Crippen LogP contribution in [0.15, 0.2) is 47.3 Å². The summed E-state index contributed by atoms with van der Waals surface area (Å²) in [6, 6.07) is 13.0. The van der Waals surface area contributed by atoms with Crippen molar-refractivity contribution in [1.82, 2.24) is 20.1 Å². The number of hydrogen-bond acceptors (Lipinski definition) is 5. The van der Waals surface area contributed by atoms with Gasteiger partial charge in [-0.3, -0.25) is 9.59 Å². The van der Waals surface area contributed by atoms with E-state index >= 15 is 0 Å². The van der Waals surface area contributed by atoms with Crippen LogP contribution in [0.5, 0.6) is 0 Å². The summed E-state index contributed by atoms with van der Waals surface area (Å²) in [5.74, 6) is -0.230. The lowest BCUT2D eigenvalue weighted by molar-refractivity contribution is -0.122. The zero-order valence-corrected chi connectivity index (χ0v) is 17.1. The molecule has 6 nitrogen and oxygen atoms in total. The normalized spacial score (nSPS) is 12.0. The van der Waals surface area contributed by atoms with E-state index in [1.54, 1.807) is 17.4 Å². The Balaban J connectivity index is 1.67. The largest absolute Gasteiger partial charge is 0.354 e. The van der Waals surface area contributed by atoms with Gasteiger partial charge in [-0.2, -0.15) is 5.10 Å². The van der Waals surface area contributed by atoms with Gasteiger partial charge in [-0.05, 0) is 31.9 Å². The Morgan fingerprint density at radius 1 is 1.18 bits per heavy atom. The molecule has 0 aliphatic heterocycles. The highest BCUT2D eigenvalue weighted by atomic mass is 32.1. The van der Waals surface area contributed by atoms with E-state index in [0.717, 1.165) is 26.8 Å². The summed E-state index contributed by atoms with van der Waals surface area (Å²) in [6.07, 6.45) is 0.716. The Bertz CT molecular complexity index is 1010. The number of carbonyl (C=O) groups is 1. The van der Waals surface area contributed by atoms with E-state index in [-0.39, 0.29) is 17.4 Å². The Labute approximate surface area is 168 Å². The lowest BCUT2D eigenvalue weighted by Crippen LogP contribution is -2.34. The van der Waals surface area contributed by atoms with Crippen LogP contribution in [0, 0.1) is 13.8 Å². The fraction of sp³-hybridized carbons (Fsp3) is 0.333. The van der Waals surface area contributed by atoms with Crippen molar-refractivity contribution < 1.29 is 4.79 Å². The first kappa shape index (κ1) is 19.9. The van der Waals surface area contributed by atoms with Crippen molar-refractivity contribution in [2.24, 2.45) is 0 Å². The fourth-order valence-corrected chi connectivity index (χ4v) is 4.05. The molecule has 1 amide bonds. The highest BCUT2D eigenvalue weighted by Crippen LogP contribution is 2.27. The number of amides is 1. The number of thiazole rings is 1. The van der Waals surface area contributed by atoms with Crippen molar-refractivity contribution >= 4 is 17.2 Å². The summed E-state index contributed by atoms with van der Waals surface area (Å²) in [6.45, 7) is 6.54. The van der Waals surface area contributed by atoms with Gasteiger partial charge >= 0.3 is 0 Å². The zero-order chi connectivity index (χ0) is 20.1. The van der Waals surface area contributed by atoms with E-state index in [1.165, 1.54) is 10.7 Å². The maximum absolute atomic E-state index is 12.6. The van der Waals surface area contributed by atoms with E-state index in [0.29, 0.717) is 19.5 Å². The van der Waals surface area contributed by atoms with Gasteiger partial charge < -0.3 is 5.32 Å². The molecule has 2 heterocycles. The molecule has 28 heavy (non-hydrogen) atoms. The number of hydrogen-bond donors (Lipinski definition) is 1. The maximum Gasteiger partial charge on any atom is 0.266 e. The van der Waals surface area contributed by atoms with E-state index in [1.807, 2.05) is 51.1 Å². The number of rotatable bonds is 7. The van der Waals surface area contributed by atoms with Crippen LogP contribution in [0.25, 0.3) is 10.6 Å². The van der Waals surface area contributed by atoms with Gasteiger partial charge in [0.25, 0.3) is 5.56 Å². The molecule has 0 saturated carbocycles. The van der Waals surface area contributed by atoms with Crippen molar-refractivity contribution in [2.45, 2.75) is 39.7 Å². The van der Waals surface area contributed by atoms with Crippen LogP contribution in [-0.4, -0.2) is 27.2 Å². The molecule has 7 heteroatoms. The van der Waals surface area contributed by atoms with Gasteiger partial charge in [0.15, 0.2) is 0 Å². The molecule has 3 aromatic rings. The first-order valence-corrected chi connectivity index (χ1v) is 10.2. The average molecular weight is 397 g/mol.